The molecule has 438 valence electrons. The largest absolute Gasteiger partial charge is 0.466 e. The van der Waals surface area contributed by atoms with Crippen molar-refractivity contribution in [2.24, 2.45) is 0 Å². The molecule has 0 bridgehead atoms. The summed E-state index contributed by atoms with van der Waals surface area (Å²) in [6.07, 6.45) is 79.6. The van der Waals surface area contributed by atoms with Crippen molar-refractivity contribution in [1.82, 2.24) is 5.32 Å². The Morgan fingerprint density at radius 1 is 0.365 bits per heavy atom. The van der Waals surface area contributed by atoms with Gasteiger partial charge in [-0.3, -0.25) is 9.59 Å². The van der Waals surface area contributed by atoms with Gasteiger partial charge < -0.3 is 20.3 Å². The van der Waals surface area contributed by atoms with Crippen molar-refractivity contribution < 1.29 is 24.5 Å². The van der Waals surface area contributed by atoms with Crippen LogP contribution < -0.4 is 5.32 Å². The van der Waals surface area contributed by atoms with E-state index in [9.17, 15) is 19.8 Å². The number of carbonyl (C=O) groups is 2. The van der Waals surface area contributed by atoms with E-state index >= 15 is 0 Å². The molecular weight excluding hydrogens is 911 g/mol. The van der Waals surface area contributed by atoms with Crippen molar-refractivity contribution in [3.8, 4) is 0 Å². The van der Waals surface area contributed by atoms with E-state index in [0.717, 1.165) is 38.5 Å². The van der Waals surface area contributed by atoms with Crippen LogP contribution in [0.15, 0.2) is 24.3 Å². The summed E-state index contributed by atoms with van der Waals surface area (Å²) in [4.78, 5) is 24.5. The van der Waals surface area contributed by atoms with Crippen LogP contribution in [0.25, 0.3) is 0 Å². The van der Waals surface area contributed by atoms with Gasteiger partial charge in [0.2, 0.25) is 5.91 Å². The standard InChI is InChI=1S/C68H131NO5/c1-3-5-7-9-11-13-15-17-37-40-44-48-52-56-60-66(71)65(64-70)69-67(72)61-57-53-49-45-41-38-34-32-30-28-26-24-22-20-18-19-21-23-25-27-29-31-33-35-39-43-47-51-55-59-63-74-68(73)62-58-54-50-46-42-36-16-14-12-10-8-6-4-2/h19,21,56,60,65-66,70-71H,3-18,20,22-55,57-59,61-64H2,1-2H3,(H,69,72)/b21-19-,60-56+. The molecule has 0 aromatic rings. The number of unbranched alkanes of at least 4 members (excludes halogenated alkanes) is 50. The van der Waals surface area contributed by atoms with Gasteiger partial charge in [0.1, 0.15) is 0 Å². The highest BCUT2D eigenvalue weighted by Crippen LogP contribution is 2.18. The third kappa shape index (κ3) is 59.6. The summed E-state index contributed by atoms with van der Waals surface area (Å²) in [5.41, 5.74) is 0. The minimum Gasteiger partial charge on any atom is -0.466 e. The molecule has 0 saturated carbocycles. The Kier molecular flexibility index (Phi) is 62.4. The van der Waals surface area contributed by atoms with E-state index < -0.39 is 12.1 Å². The number of hydrogen-bond acceptors (Lipinski definition) is 5. The summed E-state index contributed by atoms with van der Waals surface area (Å²) < 4.78 is 5.49. The molecule has 0 spiro atoms. The molecule has 0 aromatic carbocycles. The monoisotopic (exact) mass is 1040 g/mol. The zero-order valence-electron chi connectivity index (χ0n) is 50.1. The Morgan fingerprint density at radius 3 is 0.959 bits per heavy atom. The Bertz CT molecular complexity index is 1150. The lowest BCUT2D eigenvalue weighted by atomic mass is 10.0. The van der Waals surface area contributed by atoms with E-state index in [4.69, 9.17) is 4.74 Å². The smallest absolute Gasteiger partial charge is 0.305 e. The Morgan fingerprint density at radius 2 is 0.635 bits per heavy atom. The highest BCUT2D eigenvalue weighted by Gasteiger charge is 2.18. The van der Waals surface area contributed by atoms with Crippen LogP contribution in [0.2, 0.25) is 0 Å². The van der Waals surface area contributed by atoms with Crippen molar-refractivity contribution in [3.63, 3.8) is 0 Å². The second kappa shape index (κ2) is 63.9. The summed E-state index contributed by atoms with van der Waals surface area (Å²) in [6.45, 7) is 4.93. The number of aliphatic hydroxyl groups excluding tert-OH is 2. The van der Waals surface area contributed by atoms with Crippen LogP contribution in [-0.2, 0) is 14.3 Å². The molecule has 2 atom stereocenters. The van der Waals surface area contributed by atoms with Gasteiger partial charge in [-0.1, -0.05) is 327 Å². The van der Waals surface area contributed by atoms with Crippen LogP contribution in [0, 0.1) is 0 Å². The molecule has 0 aliphatic carbocycles. The molecule has 6 nitrogen and oxygen atoms in total. The summed E-state index contributed by atoms with van der Waals surface area (Å²) in [5.74, 6) is -0.0459. The summed E-state index contributed by atoms with van der Waals surface area (Å²) >= 11 is 0. The SMILES string of the molecule is CCCCCCCCCCCCCC/C=C/C(O)C(CO)NC(=O)CCCCCCCCCCCCCCCC/C=C\CCCCCCCCCCCCCCOC(=O)CCCCCCCCCCCCCCC. The number of allylic oxidation sites excluding steroid dienone is 3. The Labute approximate surface area is 462 Å². The van der Waals surface area contributed by atoms with E-state index in [0.29, 0.717) is 19.4 Å². The molecule has 6 heteroatoms. The van der Waals surface area contributed by atoms with Gasteiger partial charge in [0.05, 0.1) is 25.4 Å². The maximum absolute atomic E-state index is 12.5. The lowest BCUT2D eigenvalue weighted by molar-refractivity contribution is -0.143. The first-order valence-corrected chi connectivity index (χ1v) is 33.6. The molecule has 0 aliphatic rings. The van der Waals surface area contributed by atoms with E-state index in [-0.39, 0.29) is 18.5 Å². The molecule has 0 fully saturated rings. The fourth-order valence-electron chi connectivity index (χ4n) is 10.6. The molecular formula is C68H131NO5. The third-order valence-corrected chi connectivity index (χ3v) is 15.7. The highest BCUT2D eigenvalue weighted by atomic mass is 16.5. The van der Waals surface area contributed by atoms with Crippen LogP contribution in [0.1, 0.15) is 373 Å². The van der Waals surface area contributed by atoms with Gasteiger partial charge >= 0.3 is 5.97 Å². The van der Waals surface area contributed by atoms with Crippen molar-refractivity contribution >= 4 is 11.9 Å². The van der Waals surface area contributed by atoms with Gasteiger partial charge in [-0.25, -0.2) is 0 Å². The fourth-order valence-corrected chi connectivity index (χ4v) is 10.6. The molecule has 0 heterocycles. The number of hydrogen-bond donors (Lipinski definition) is 3. The topological polar surface area (TPSA) is 95.9 Å². The predicted molar refractivity (Wildman–Crippen MR) is 324 cm³/mol. The second-order valence-corrected chi connectivity index (χ2v) is 23.2. The number of esters is 1. The maximum Gasteiger partial charge on any atom is 0.305 e. The zero-order valence-corrected chi connectivity index (χ0v) is 50.1. The highest BCUT2D eigenvalue weighted by molar-refractivity contribution is 5.76. The summed E-state index contributed by atoms with van der Waals surface area (Å²) in [6, 6.07) is -0.626. The Balaban J connectivity index is 3.37. The van der Waals surface area contributed by atoms with E-state index in [2.05, 4.69) is 31.3 Å². The second-order valence-electron chi connectivity index (χ2n) is 23.2. The lowest BCUT2D eigenvalue weighted by Crippen LogP contribution is -2.45. The molecule has 0 rings (SSSR count). The van der Waals surface area contributed by atoms with Crippen molar-refractivity contribution in [2.75, 3.05) is 13.2 Å². The number of carbonyl (C=O) groups excluding carboxylic acids is 2. The number of ether oxygens (including phenoxy) is 1. The fraction of sp³-hybridized carbons (Fsp3) is 0.912. The van der Waals surface area contributed by atoms with E-state index in [1.807, 2.05) is 6.08 Å². The predicted octanol–water partition coefficient (Wildman–Crippen LogP) is 21.4. The number of nitrogens with one attached hydrogen (secondary N) is 1. The lowest BCUT2D eigenvalue weighted by Gasteiger charge is -2.20. The van der Waals surface area contributed by atoms with E-state index in [1.54, 1.807) is 6.08 Å². The summed E-state index contributed by atoms with van der Waals surface area (Å²) in [5, 5.41) is 23.1. The van der Waals surface area contributed by atoms with Crippen LogP contribution in [-0.4, -0.2) is 47.4 Å². The average molecular weight is 1040 g/mol. The normalized spacial score (nSPS) is 12.6. The van der Waals surface area contributed by atoms with Gasteiger partial charge in [-0.2, -0.15) is 0 Å². The first-order valence-electron chi connectivity index (χ1n) is 33.6. The quantitative estimate of drug-likeness (QED) is 0.0320. The van der Waals surface area contributed by atoms with E-state index in [1.165, 1.54) is 308 Å². The van der Waals surface area contributed by atoms with Gasteiger partial charge in [0.25, 0.3) is 0 Å². The number of rotatable bonds is 63. The minimum absolute atomic E-state index is 0.0187. The third-order valence-electron chi connectivity index (χ3n) is 15.7. The number of amides is 1. The van der Waals surface area contributed by atoms with Crippen LogP contribution >= 0.6 is 0 Å². The van der Waals surface area contributed by atoms with Crippen molar-refractivity contribution in [2.45, 2.75) is 386 Å². The molecule has 1 amide bonds. The molecule has 74 heavy (non-hydrogen) atoms. The van der Waals surface area contributed by atoms with Crippen LogP contribution in [0.5, 0.6) is 0 Å². The summed E-state index contributed by atoms with van der Waals surface area (Å²) in [7, 11) is 0. The Hall–Kier alpha value is -1.66. The van der Waals surface area contributed by atoms with Crippen molar-refractivity contribution in [1.29, 1.82) is 0 Å². The van der Waals surface area contributed by atoms with Gasteiger partial charge in [-0.05, 0) is 57.8 Å². The van der Waals surface area contributed by atoms with Crippen molar-refractivity contribution in [3.05, 3.63) is 24.3 Å². The number of aliphatic hydroxyl groups is 2. The molecule has 0 saturated heterocycles. The first kappa shape index (κ1) is 72.3. The molecule has 0 aliphatic heterocycles. The van der Waals surface area contributed by atoms with Gasteiger partial charge in [0, 0.05) is 12.8 Å². The molecule has 0 aromatic heterocycles. The average Bonchev–Trinajstić information content (AvgIpc) is 3.40. The maximum atomic E-state index is 12.5. The minimum atomic E-state index is -0.842. The molecule has 2 unspecified atom stereocenters. The van der Waals surface area contributed by atoms with Gasteiger partial charge in [-0.15, -0.1) is 0 Å². The van der Waals surface area contributed by atoms with Crippen LogP contribution in [0.4, 0.5) is 0 Å². The zero-order chi connectivity index (χ0) is 53.6. The molecule has 0 radical (unpaired) electrons. The van der Waals surface area contributed by atoms with Gasteiger partial charge in [0.15, 0.2) is 0 Å². The molecule has 3 N–H and O–H groups in total. The van der Waals surface area contributed by atoms with Crippen LogP contribution in [0.3, 0.4) is 0 Å². The first-order chi connectivity index (χ1) is 36.5.